The molecular formula is C29H37FO2. The lowest BCUT2D eigenvalue weighted by Crippen LogP contribution is -2.11. The Hall–Kier alpha value is -2.16. The molecule has 0 aliphatic heterocycles. The van der Waals surface area contributed by atoms with Crippen molar-refractivity contribution in [3.63, 3.8) is 0 Å². The quantitative estimate of drug-likeness (QED) is 0.191. The van der Waals surface area contributed by atoms with Gasteiger partial charge in [-0.25, -0.2) is 9.18 Å². The highest BCUT2D eigenvalue weighted by molar-refractivity contribution is 6.04. The van der Waals surface area contributed by atoms with Crippen LogP contribution in [0.3, 0.4) is 0 Å². The van der Waals surface area contributed by atoms with E-state index in [1.807, 2.05) is 24.3 Å². The summed E-state index contributed by atoms with van der Waals surface area (Å²) in [6, 6.07) is 9.93. The van der Waals surface area contributed by atoms with Gasteiger partial charge >= 0.3 is 5.63 Å². The first-order valence-electron chi connectivity index (χ1n) is 12.8. The van der Waals surface area contributed by atoms with Gasteiger partial charge in [-0.15, -0.1) is 0 Å². The van der Waals surface area contributed by atoms with Crippen LogP contribution in [0.1, 0.15) is 102 Å². The molecule has 4 rings (SSSR count). The van der Waals surface area contributed by atoms with Gasteiger partial charge in [0.2, 0.25) is 0 Å². The summed E-state index contributed by atoms with van der Waals surface area (Å²) in [4.78, 5) is 12.8. The first-order chi connectivity index (χ1) is 15.6. The lowest BCUT2D eigenvalue weighted by Gasteiger charge is -2.26. The molecule has 0 spiro atoms. The van der Waals surface area contributed by atoms with Crippen molar-refractivity contribution in [2.24, 2.45) is 5.92 Å². The molecule has 1 fully saturated rings. The third-order valence-electron chi connectivity index (χ3n) is 7.46. The van der Waals surface area contributed by atoms with Crippen molar-refractivity contribution in [1.82, 2.24) is 0 Å². The van der Waals surface area contributed by atoms with Crippen LogP contribution in [0, 0.1) is 11.7 Å². The second-order valence-corrected chi connectivity index (χ2v) is 9.94. The fourth-order valence-electron chi connectivity index (χ4n) is 5.33. The van der Waals surface area contributed by atoms with Crippen molar-refractivity contribution in [1.29, 1.82) is 0 Å². The molecular weight excluding hydrogens is 399 g/mol. The average molecular weight is 437 g/mol. The van der Waals surface area contributed by atoms with Gasteiger partial charge in [0.25, 0.3) is 0 Å². The fourth-order valence-corrected chi connectivity index (χ4v) is 5.33. The third-order valence-corrected chi connectivity index (χ3v) is 7.46. The van der Waals surface area contributed by atoms with Crippen LogP contribution in [0.4, 0.5) is 4.39 Å². The summed E-state index contributed by atoms with van der Waals surface area (Å²) in [5.74, 6) is 0.934. The SMILES string of the molecule is CCCCCCCCCc1ccc2c(oc(=O)c3cc(C4CCC(C)CC4)ccc32)c1F. The molecule has 1 saturated carbocycles. The zero-order chi connectivity index (χ0) is 22.5. The van der Waals surface area contributed by atoms with E-state index in [2.05, 4.69) is 19.9 Å². The lowest BCUT2D eigenvalue weighted by atomic mass is 9.79. The molecule has 1 aliphatic carbocycles. The van der Waals surface area contributed by atoms with E-state index >= 15 is 4.39 Å². The maximum atomic E-state index is 15.2. The molecule has 3 heteroatoms. The molecule has 1 heterocycles. The Labute approximate surface area is 191 Å². The molecule has 0 saturated heterocycles. The monoisotopic (exact) mass is 436 g/mol. The van der Waals surface area contributed by atoms with Crippen molar-refractivity contribution in [3.05, 3.63) is 57.7 Å². The Morgan fingerprint density at radius 3 is 2.31 bits per heavy atom. The van der Waals surface area contributed by atoms with E-state index < -0.39 is 5.63 Å². The normalized spacial score (nSPS) is 19.1. The molecule has 2 aromatic carbocycles. The van der Waals surface area contributed by atoms with Crippen LogP contribution in [-0.4, -0.2) is 0 Å². The summed E-state index contributed by atoms with van der Waals surface area (Å²) >= 11 is 0. The minimum atomic E-state index is -0.425. The Bertz CT molecular complexity index is 1110. The van der Waals surface area contributed by atoms with E-state index in [4.69, 9.17) is 4.42 Å². The minimum absolute atomic E-state index is 0.113. The number of benzene rings is 2. The molecule has 1 aliphatic rings. The summed E-state index contributed by atoms with van der Waals surface area (Å²) in [6.07, 6.45) is 13.9. The summed E-state index contributed by atoms with van der Waals surface area (Å²) in [5.41, 5.74) is 1.56. The van der Waals surface area contributed by atoms with E-state index in [9.17, 15) is 4.79 Å². The van der Waals surface area contributed by atoms with Gasteiger partial charge in [-0.05, 0) is 54.7 Å². The Morgan fingerprint density at radius 2 is 1.56 bits per heavy atom. The summed E-state index contributed by atoms with van der Waals surface area (Å²) < 4.78 is 20.8. The standard InChI is InChI=1S/C29H37FO2/c1-3-4-5-6-7-8-9-10-22-15-18-25-24-17-16-23(21-13-11-20(2)12-14-21)19-26(24)29(31)32-28(25)27(22)30/h15-21H,3-14H2,1-2H3. The molecule has 2 nitrogen and oxygen atoms in total. The van der Waals surface area contributed by atoms with Crippen molar-refractivity contribution >= 4 is 21.7 Å². The van der Waals surface area contributed by atoms with Gasteiger partial charge in [0.05, 0.1) is 5.39 Å². The molecule has 0 atom stereocenters. The van der Waals surface area contributed by atoms with Crippen molar-refractivity contribution < 1.29 is 8.81 Å². The highest BCUT2D eigenvalue weighted by Gasteiger charge is 2.21. The van der Waals surface area contributed by atoms with Crippen LogP contribution in [0.2, 0.25) is 0 Å². The van der Waals surface area contributed by atoms with Crippen LogP contribution >= 0.6 is 0 Å². The Balaban J connectivity index is 1.53. The highest BCUT2D eigenvalue weighted by Crippen LogP contribution is 2.37. The number of halogens is 1. The van der Waals surface area contributed by atoms with Crippen molar-refractivity contribution in [2.75, 3.05) is 0 Å². The van der Waals surface area contributed by atoms with Crippen LogP contribution < -0.4 is 5.63 Å². The van der Waals surface area contributed by atoms with E-state index in [-0.39, 0.29) is 11.4 Å². The molecule has 3 aromatic rings. The van der Waals surface area contributed by atoms with Crippen LogP contribution in [0.5, 0.6) is 0 Å². The van der Waals surface area contributed by atoms with Crippen LogP contribution in [0.15, 0.2) is 39.5 Å². The number of hydrogen-bond acceptors (Lipinski definition) is 2. The average Bonchev–Trinajstić information content (AvgIpc) is 2.80. The highest BCUT2D eigenvalue weighted by atomic mass is 19.1. The summed E-state index contributed by atoms with van der Waals surface area (Å²) in [6.45, 7) is 4.54. The van der Waals surface area contributed by atoms with E-state index in [0.717, 1.165) is 24.1 Å². The van der Waals surface area contributed by atoms with Gasteiger partial charge in [-0.1, -0.05) is 89.5 Å². The van der Waals surface area contributed by atoms with E-state index in [1.54, 1.807) is 0 Å². The molecule has 32 heavy (non-hydrogen) atoms. The maximum absolute atomic E-state index is 15.2. The number of aryl methyl sites for hydroxylation is 1. The molecule has 0 radical (unpaired) electrons. The minimum Gasteiger partial charge on any atom is -0.419 e. The lowest BCUT2D eigenvalue weighted by molar-refractivity contribution is 0.348. The maximum Gasteiger partial charge on any atom is 0.344 e. The first kappa shape index (κ1) is 23.0. The van der Waals surface area contributed by atoms with Gasteiger partial charge in [0.15, 0.2) is 11.4 Å². The number of fused-ring (bicyclic) bond motifs is 3. The largest absolute Gasteiger partial charge is 0.419 e. The first-order valence-corrected chi connectivity index (χ1v) is 12.8. The molecule has 0 unspecified atom stereocenters. The molecule has 1 aromatic heterocycles. The molecule has 0 amide bonds. The van der Waals surface area contributed by atoms with Gasteiger partial charge in [-0.3, -0.25) is 0 Å². The van der Waals surface area contributed by atoms with Crippen molar-refractivity contribution in [2.45, 2.75) is 96.8 Å². The Morgan fingerprint density at radius 1 is 0.875 bits per heavy atom. The summed E-state index contributed by atoms with van der Waals surface area (Å²) in [5, 5.41) is 2.07. The van der Waals surface area contributed by atoms with Gasteiger partial charge < -0.3 is 4.42 Å². The summed E-state index contributed by atoms with van der Waals surface area (Å²) in [7, 11) is 0. The molecule has 172 valence electrons. The second kappa shape index (κ2) is 10.6. The van der Waals surface area contributed by atoms with Gasteiger partial charge in [0, 0.05) is 10.8 Å². The molecule has 0 N–H and O–H groups in total. The number of hydrogen-bond donors (Lipinski definition) is 0. The third kappa shape index (κ3) is 5.08. The van der Waals surface area contributed by atoms with Crippen molar-refractivity contribution in [3.8, 4) is 0 Å². The predicted octanol–water partition coefficient (Wildman–Crippen LogP) is 8.67. The predicted molar refractivity (Wildman–Crippen MR) is 132 cm³/mol. The number of rotatable bonds is 9. The Kier molecular flexibility index (Phi) is 7.65. The second-order valence-electron chi connectivity index (χ2n) is 9.94. The van der Waals surface area contributed by atoms with Crippen LogP contribution in [0.25, 0.3) is 21.7 Å². The fraction of sp³-hybridized carbons (Fsp3) is 0.552. The zero-order valence-electron chi connectivity index (χ0n) is 19.7. The van der Waals surface area contributed by atoms with Crippen LogP contribution in [-0.2, 0) is 6.42 Å². The topological polar surface area (TPSA) is 30.2 Å². The zero-order valence-corrected chi connectivity index (χ0v) is 19.7. The smallest absolute Gasteiger partial charge is 0.344 e. The van der Waals surface area contributed by atoms with Gasteiger partial charge in [-0.2, -0.15) is 0 Å². The molecule has 0 bridgehead atoms. The van der Waals surface area contributed by atoms with E-state index in [0.29, 0.717) is 28.7 Å². The number of unbranched alkanes of at least 4 members (excludes halogenated alkanes) is 6. The van der Waals surface area contributed by atoms with Gasteiger partial charge in [0.1, 0.15) is 0 Å². The van der Waals surface area contributed by atoms with E-state index in [1.165, 1.54) is 63.4 Å².